The number of nitriles is 1. The van der Waals surface area contributed by atoms with Gasteiger partial charge >= 0.3 is 5.97 Å². The number of hydrogen-bond acceptors (Lipinski definition) is 6. The minimum atomic E-state index is -1.32. The molecule has 0 spiro atoms. The molecule has 1 aromatic heterocycles. The SMILES string of the molecule is CCC(NCCC#N)C1CN(c2c(F)cc3c(=O)c(C(=O)O)cn(C4CC4)c3c2OC)C1. The molecule has 1 aliphatic heterocycles. The topological polar surface area (TPSA) is 108 Å². The lowest BCUT2D eigenvalue weighted by molar-refractivity contribution is 0.0695. The van der Waals surface area contributed by atoms with E-state index in [2.05, 4.69) is 18.3 Å². The maximum absolute atomic E-state index is 15.3. The molecule has 0 bridgehead atoms. The number of carbonyl (C=O) groups is 1. The number of aromatic carboxylic acids is 1. The van der Waals surface area contributed by atoms with Crippen LogP contribution in [0.15, 0.2) is 17.1 Å². The predicted molar refractivity (Wildman–Crippen MR) is 118 cm³/mol. The predicted octanol–water partition coefficient (Wildman–Crippen LogP) is 2.90. The number of carboxylic acid groups (broad SMARTS) is 1. The summed E-state index contributed by atoms with van der Waals surface area (Å²) in [5.74, 6) is -1.35. The van der Waals surface area contributed by atoms with Crippen LogP contribution in [0.3, 0.4) is 0 Å². The van der Waals surface area contributed by atoms with Gasteiger partial charge in [-0.15, -0.1) is 0 Å². The van der Waals surface area contributed by atoms with Crippen molar-refractivity contribution < 1.29 is 19.0 Å². The molecule has 32 heavy (non-hydrogen) atoms. The van der Waals surface area contributed by atoms with Crippen molar-refractivity contribution in [2.75, 3.05) is 31.6 Å². The van der Waals surface area contributed by atoms with Gasteiger partial charge in [0.15, 0.2) is 11.6 Å². The van der Waals surface area contributed by atoms with Gasteiger partial charge in [0, 0.05) is 50.3 Å². The molecular formula is C23H27FN4O4. The van der Waals surface area contributed by atoms with Gasteiger partial charge in [0.1, 0.15) is 11.3 Å². The average molecular weight is 442 g/mol. The van der Waals surface area contributed by atoms with Crippen molar-refractivity contribution in [1.29, 1.82) is 5.26 Å². The molecule has 1 atom stereocenters. The van der Waals surface area contributed by atoms with E-state index in [0.29, 0.717) is 43.2 Å². The molecule has 2 heterocycles. The Kier molecular flexibility index (Phi) is 6.07. The summed E-state index contributed by atoms with van der Waals surface area (Å²) in [6, 6.07) is 3.58. The van der Waals surface area contributed by atoms with E-state index in [-0.39, 0.29) is 28.8 Å². The van der Waals surface area contributed by atoms with Crippen LogP contribution in [-0.4, -0.2) is 48.4 Å². The number of fused-ring (bicyclic) bond motifs is 1. The van der Waals surface area contributed by atoms with E-state index in [0.717, 1.165) is 25.3 Å². The van der Waals surface area contributed by atoms with Crippen molar-refractivity contribution in [1.82, 2.24) is 9.88 Å². The number of methoxy groups -OCH3 is 1. The molecule has 170 valence electrons. The number of benzene rings is 1. The van der Waals surface area contributed by atoms with Crippen LogP contribution in [0.5, 0.6) is 5.75 Å². The third-order valence-electron chi connectivity index (χ3n) is 6.45. The molecule has 1 aliphatic carbocycles. The molecule has 2 N–H and O–H groups in total. The standard InChI is InChI=1S/C23H27FN4O4/c1-3-18(26-8-4-7-25)13-10-27(11-13)20-17(24)9-15-19(22(20)32-2)28(14-5-6-14)12-16(21(15)29)23(30)31/h9,12-14,18,26H,3-6,8,10-11H2,1-2H3,(H,30,31). The molecule has 0 amide bonds. The third-order valence-corrected chi connectivity index (χ3v) is 6.45. The van der Waals surface area contributed by atoms with Gasteiger partial charge < -0.3 is 24.6 Å². The Morgan fingerprint density at radius 1 is 1.44 bits per heavy atom. The Morgan fingerprint density at radius 2 is 2.16 bits per heavy atom. The summed E-state index contributed by atoms with van der Waals surface area (Å²) < 4.78 is 22.7. The zero-order valence-corrected chi connectivity index (χ0v) is 18.2. The van der Waals surface area contributed by atoms with Gasteiger partial charge in [0.2, 0.25) is 5.43 Å². The smallest absolute Gasteiger partial charge is 0.341 e. The molecule has 9 heteroatoms. The first-order valence-electron chi connectivity index (χ1n) is 10.9. The van der Waals surface area contributed by atoms with Gasteiger partial charge in [0.05, 0.1) is 24.1 Å². The molecule has 2 aliphatic rings. The summed E-state index contributed by atoms with van der Waals surface area (Å²) in [6.45, 7) is 3.95. The largest absolute Gasteiger partial charge is 0.492 e. The lowest BCUT2D eigenvalue weighted by Crippen LogP contribution is -2.56. The summed E-state index contributed by atoms with van der Waals surface area (Å²) in [7, 11) is 1.44. The molecule has 8 nitrogen and oxygen atoms in total. The fourth-order valence-electron chi connectivity index (χ4n) is 4.63. The van der Waals surface area contributed by atoms with Crippen LogP contribution in [0.4, 0.5) is 10.1 Å². The maximum Gasteiger partial charge on any atom is 0.341 e. The van der Waals surface area contributed by atoms with Gasteiger partial charge in [-0.05, 0) is 25.3 Å². The second-order valence-corrected chi connectivity index (χ2v) is 8.49. The normalized spacial score (nSPS) is 17.1. The van der Waals surface area contributed by atoms with Crippen molar-refractivity contribution in [3.05, 3.63) is 33.9 Å². The number of nitrogens with zero attached hydrogens (tertiary/aromatic N) is 3. The van der Waals surface area contributed by atoms with Gasteiger partial charge in [-0.3, -0.25) is 4.79 Å². The number of hydrogen-bond donors (Lipinski definition) is 2. The zero-order chi connectivity index (χ0) is 23.0. The zero-order valence-electron chi connectivity index (χ0n) is 18.2. The highest BCUT2D eigenvalue weighted by atomic mass is 19.1. The number of rotatable bonds is 9. The van der Waals surface area contributed by atoms with Crippen molar-refractivity contribution in [2.45, 2.75) is 44.7 Å². The number of carboxylic acids is 1. The van der Waals surface area contributed by atoms with E-state index in [1.165, 1.54) is 13.3 Å². The summed E-state index contributed by atoms with van der Waals surface area (Å²) in [4.78, 5) is 26.3. The van der Waals surface area contributed by atoms with E-state index < -0.39 is 17.2 Å². The average Bonchev–Trinajstić information content (AvgIpc) is 3.57. The molecule has 1 unspecified atom stereocenters. The maximum atomic E-state index is 15.3. The summed E-state index contributed by atoms with van der Waals surface area (Å²) in [5, 5.41) is 21.6. The van der Waals surface area contributed by atoms with Crippen LogP contribution in [0, 0.1) is 23.1 Å². The second kappa shape index (κ2) is 8.79. The molecule has 1 aromatic carbocycles. The summed E-state index contributed by atoms with van der Waals surface area (Å²) >= 11 is 0. The Labute approximate surface area is 185 Å². The summed E-state index contributed by atoms with van der Waals surface area (Å²) in [5.41, 5.74) is -0.316. The lowest BCUT2D eigenvalue weighted by Gasteiger charge is -2.45. The lowest BCUT2D eigenvalue weighted by atomic mass is 9.89. The van der Waals surface area contributed by atoms with Crippen LogP contribution in [0.25, 0.3) is 10.9 Å². The van der Waals surface area contributed by atoms with Gasteiger partial charge in [-0.1, -0.05) is 6.92 Å². The van der Waals surface area contributed by atoms with Crippen LogP contribution >= 0.6 is 0 Å². The first kappa shape index (κ1) is 22.1. The van der Waals surface area contributed by atoms with Crippen LogP contribution in [-0.2, 0) is 0 Å². The molecule has 0 radical (unpaired) electrons. The number of aromatic nitrogens is 1. The second-order valence-electron chi connectivity index (χ2n) is 8.49. The molecule has 2 aromatic rings. The molecule has 4 rings (SSSR count). The van der Waals surface area contributed by atoms with E-state index in [1.54, 1.807) is 4.57 Å². The highest BCUT2D eigenvalue weighted by molar-refractivity contribution is 5.97. The van der Waals surface area contributed by atoms with Crippen LogP contribution in [0.1, 0.15) is 49.0 Å². The molecule has 1 saturated heterocycles. The van der Waals surface area contributed by atoms with Crippen molar-refractivity contribution in [3.8, 4) is 11.8 Å². The molecule has 1 saturated carbocycles. The van der Waals surface area contributed by atoms with Crippen molar-refractivity contribution in [2.24, 2.45) is 5.92 Å². The Morgan fingerprint density at radius 3 is 2.72 bits per heavy atom. The number of nitrogens with one attached hydrogen (secondary N) is 1. The van der Waals surface area contributed by atoms with E-state index >= 15 is 4.39 Å². The Bertz CT molecular complexity index is 1150. The van der Waals surface area contributed by atoms with Crippen LogP contribution in [0.2, 0.25) is 0 Å². The van der Waals surface area contributed by atoms with E-state index in [4.69, 9.17) is 10.00 Å². The van der Waals surface area contributed by atoms with Gasteiger partial charge in [-0.2, -0.15) is 5.26 Å². The number of anilines is 1. The van der Waals surface area contributed by atoms with Crippen molar-refractivity contribution in [3.63, 3.8) is 0 Å². The van der Waals surface area contributed by atoms with Crippen LogP contribution < -0.4 is 20.4 Å². The number of halogens is 1. The fraction of sp³-hybridized carbons (Fsp3) is 0.522. The van der Waals surface area contributed by atoms with Gasteiger partial charge in [0.25, 0.3) is 0 Å². The Hall–Kier alpha value is -3.12. The summed E-state index contributed by atoms with van der Waals surface area (Å²) in [6.07, 6.45) is 4.44. The Balaban J connectivity index is 1.73. The highest BCUT2D eigenvalue weighted by Gasteiger charge is 2.37. The first-order chi connectivity index (χ1) is 15.4. The molecular weight excluding hydrogens is 415 g/mol. The minimum absolute atomic E-state index is 0.0246. The van der Waals surface area contributed by atoms with Gasteiger partial charge in [-0.25, -0.2) is 9.18 Å². The number of pyridine rings is 1. The first-order valence-corrected chi connectivity index (χ1v) is 10.9. The fourth-order valence-corrected chi connectivity index (χ4v) is 4.63. The molecule has 2 fully saturated rings. The quantitative estimate of drug-likeness (QED) is 0.575. The van der Waals surface area contributed by atoms with E-state index in [1.807, 2.05) is 4.90 Å². The van der Waals surface area contributed by atoms with Crippen molar-refractivity contribution >= 4 is 22.6 Å². The monoisotopic (exact) mass is 442 g/mol. The highest BCUT2D eigenvalue weighted by Crippen LogP contribution is 2.45. The minimum Gasteiger partial charge on any atom is -0.492 e. The van der Waals surface area contributed by atoms with E-state index in [9.17, 15) is 14.7 Å². The third kappa shape index (κ3) is 3.79. The number of ether oxygens (including phenoxy) is 1.